The number of aliphatic hydroxyl groups excluding tert-OH is 1. The number of hydrogen-bond donors (Lipinski definition) is 3. The third kappa shape index (κ3) is 5.23. The number of nitrogens with two attached hydrogens (primary N) is 1. The van der Waals surface area contributed by atoms with Gasteiger partial charge < -0.3 is 25.6 Å². The predicted octanol–water partition coefficient (Wildman–Crippen LogP) is 1.72. The number of hydrogen-bond acceptors (Lipinski definition) is 5. The molecular formula is C19H26N2O3. The van der Waals surface area contributed by atoms with E-state index in [0.29, 0.717) is 31.0 Å². The Morgan fingerprint density at radius 1 is 1.00 bits per heavy atom. The van der Waals surface area contributed by atoms with Crippen molar-refractivity contribution in [2.24, 2.45) is 5.73 Å². The molecule has 2 atom stereocenters. The topological polar surface area (TPSA) is 76.7 Å². The maximum atomic E-state index is 10.2. The molecule has 0 spiro atoms. The quantitative estimate of drug-likeness (QED) is 0.653. The molecular weight excluding hydrogens is 304 g/mol. The summed E-state index contributed by atoms with van der Waals surface area (Å²) in [5, 5.41) is 13.4. The van der Waals surface area contributed by atoms with Crippen molar-refractivity contribution in [3.05, 3.63) is 59.7 Å². The summed E-state index contributed by atoms with van der Waals surface area (Å²) < 4.78 is 10.5. The summed E-state index contributed by atoms with van der Waals surface area (Å²) in [4.78, 5) is 0. The van der Waals surface area contributed by atoms with Gasteiger partial charge in [-0.3, -0.25) is 0 Å². The minimum Gasteiger partial charge on any atom is -0.493 e. The van der Waals surface area contributed by atoms with Gasteiger partial charge in [-0.1, -0.05) is 36.4 Å². The summed E-state index contributed by atoms with van der Waals surface area (Å²) in [5.41, 5.74) is 8.27. The van der Waals surface area contributed by atoms with E-state index in [0.717, 1.165) is 11.1 Å². The summed E-state index contributed by atoms with van der Waals surface area (Å²) in [6.07, 6.45) is 0.0467. The Hall–Kier alpha value is -2.08. The second-order valence-corrected chi connectivity index (χ2v) is 5.74. The molecule has 0 heterocycles. The Balaban J connectivity index is 1.80. The molecule has 0 aliphatic carbocycles. The molecule has 130 valence electrons. The van der Waals surface area contributed by atoms with Crippen LogP contribution in [0, 0.1) is 0 Å². The molecule has 5 heteroatoms. The van der Waals surface area contributed by atoms with E-state index in [-0.39, 0.29) is 6.04 Å². The first-order valence-corrected chi connectivity index (χ1v) is 8.03. The summed E-state index contributed by atoms with van der Waals surface area (Å²) in [7, 11) is 3.22. The van der Waals surface area contributed by atoms with Gasteiger partial charge in [-0.25, -0.2) is 0 Å². The molecule has 0 amide bonds. The van der Waals surface area contributed by atoms with Crippen molar-refractivity contribution < 1.29 is 14.6 Å². The van der Waals surface area contributed by atoms with Gasteiger partial charge in [-0.2, -0.15) is 0 Å². The largest absolute Gasteiger partial charge is 0.493 e. The molecule has 0 saturated heterocycles. The normalized spacial score (nSPS) is 13.3. The zero-order valence-corrected chi connectivity index (χ0v) is 14.2. The molecule has 4 N–H and O–H groups in total. The molecule has 2 aromatic rings. The molecule has 0 unspecified atom stereocenters. The highest BCUT2D eigenvalue weighted by Gasteiger charge is 2.15. The zero-order chi connectivity index (χ0) is 17.4. The number of rotatable bonds is 9. The first-order valence-electron chi connectivity index (χ1n) is 8.03. The van der Waals surface area contributed by atoms with Crippen LogP contribution in [0.4, 0.5) is 0 Å². The SMILES string of the molecule is COc1ccc(CNC[C@@H](O)[C@@H](N)Cc2ccccc2)cc1OC. The van der Waals surface area contributed by atoms with Gasteiger partial charge in [0.05, 0.1) is 20.3 Å². The van der Waals surface area contributed by atoms with Gasteiger partial charge in [0.15, 0.2) is 11.5 Å². The van der Waals surface area contributed by atoms with Crippen molar-refractivity contribution in [3.63, 3.8) is 0 Å². The van der Waals surface area contributed by atoms with Crippen LogP contribution in [-0.4, -0.2) is 38.0 Å². The van der Waals surface area contributed by atoms with Crippen molar-refractivity contribution in [2.45, 2.75) is 25.1 Å². The molecule has 24 heavy (non-hydrogen) atoms. The van der Waals surface area contributed by atoms with Crippen LogP contribution in [0.25, 0.3) is 0 Å². The molecule has 0 radical (unpaired) electrons. The number of methoxy groups -OCH3 is 2. The number of ether oxygens (including phenoxy) is 2. The number of benzene rings is 2. The monoisotopic (exact) mass is 330 g/mol. The van der Waals surface area contributed by atoms with Crippen molar-refractivity contribution >= 4 is 0 Å². The highest BCUT2D eigenvalue weighted by molar-refractivity contribution is 5.42. The average Bonchev–Trinajstić information content (AvgIpc) is 2.62. The highest BCUT2D eigenvalue weighted by atomic mass is 16.5. The number of aliphatic hydroxyl groups is 1. The van der Waals surface area contributed by atoms with Crippen molar-refractivity contribution in [2.75, 3.05) is 20.8 Å². The molecule has 0 fully saturated rings. The fourth-order valence-electron chi connectivity index (χ4n) is 2.53. The van der Waals surface area contributed by atoms with Crippen LogP contribution < -0.4 is 20.5 Å². The Bertz CT molecular complexity index is 619. The molecule has 0 bridgehead atoms. The highest BCUT2D eigenvalue weighted by Crippen LogP contribution is 2.27. The fourth-order valence-corrected chi connectivity index (χ4v) is 2.53. The summed E-state index contributed by atoms with van der Waals surface area (Å²) >= 11 is 0. The van der Waals surface area contributed by atoms with Gasteiger partial charge in [0.25, 0.3) is 0 Å². The lowest BCUT2D eigenvalue weighted by Gasteiger charge is -2.19. The number of nitrogens with one attached hydrogen (secondary N) is 1. The maximum absolute atomic E-state index is 10.2. The summed E-state index contributed by atoms with van der Waals surface area (Å²) in [5.74, 6) is 1.39. The molecule has 2 rings (SSSR count). The first kappa shape index (κ1) is 18.3. The molecule has 0 aliphatic rings. The molecule has 0 aromatic heterocycles. The minimum atomic E-state index is -0.606. The van der Waals surface area contributed by atoms with Crippen LogP contribution in [0.2, 0.25) is 0 Å². The lowest BCUT2D eigenvalue weighted by atomic mass is 10.0. The van der Waals surface area contributed by atoms with Crippen LogP contribution in [-0.2, 0) is 13.0 Å². The standard InChI is InChI=1S/C19H26N2O3/c1-23-18-9-8-15(11-19(18)24-2)12-21-13-17(22)16(20)10-14-6-4-3-5-7-14/h3-9,11,16-17,21-22H,10,12-13,20H2,1-2H3/t16-,17+/m0/s1. The van der Waals surface area contributed by atoms with Crippen molar-refractivity contribution in [3.8, 4) is 11.5 Å². The molecule has 5 nitrogen and oxygen atoms in total. The smallest absolute Gasteiger partial charge is 0.161 e. The van der Waals surface area contributed by atoms with Crippen LogP contribution >= 0.6 is 0 Å². The summed E-state index contributed by atoms with van der Waals surface area (Å²) in [6.45, 7) is 1.05. The van der Waals surface area contributed by atoms with Gasteiger partial charge in [0.2, 0.25) is 0 Å². The fraction of sp³-hybridized carbons (Fsp3) is 0.368. The van der Waals surface area contributed by atoms with Crippen LogP contribution in [0.15, 0.2) is 48.5 Å². The molecule has 0 saturated carbocycles. The zero-order valence-electron chi connectivity index (χ0n) is 14.2. The summed E-state index contributed by atoms with van der Waals surface area (Å²) in [6, 6.07) is 15.4. The van der Waals surface area contributed by atoms with E-state index in [4.69, 9.17) is 15.2 Å². The van der Waals surface area contributed by atoms with Crippen molar-refractivity contribution in [1.29, 1.82) is 0 Å². The maximum Gasteiger partial charge on any atom is 0.161 e. The minimum absolute atomic E-state index is 0.301. The van der Waals surface area contributed by atoms with Gasteiger partial charge >= 0.3 is 0 Å². The second kappa shape index (κ2) is 9.27. The Kier molecular flexibility index (Phi) is 7.06. The lowest BCUT2D eigenvalue weighted by Crippen LogP contribution is -2.42. The van der Waals surface area contributed by atoms with Gasteiger partial charge in [-0.15, -0.1) is 0 Å². The van der Waals surface area contributed by atoms with Gasteiger partial charge in [0, 0.05) is 19.1 Å². The first-order chi connectivity index (χ1) is 11.6. The van der Waals surface area contributed by atoms with E-state index >= 15 is 0 Å². The third-order valence-electron chi connectivity index (χ3n) is 3.94. The Morgan fingerprint density at radius 2 is 1.71 bits per heavy atom. The third-order valence-corrected chi connectivity index (χ3v) is 3.94. The van der Waals surface area contributed by atoms with Crippen LogP contribution in [0.3, 0.4) is 0 Å². The predicted molar refractivity (Wildman–Crippen MR) is 95.4 cm³/mol. The van der Waals surface area contributed by atoms with E-state index in [1.165, 1.54) is 0 Å². The lowest BCUT2D eigenvalue weighted by molar-refractivity contribution is 0.141. The van der Waals surface area contributed by atoms with Gasteiger partial charge in [0.1, 0.15) is 0 Å². The van der Waals surface area contributed by atoms with E-state index in [9.17, 15) is 5.11 Å². The van der Waals surface area contributed by atoms with Gasteiger partial charge in [-0.05, 0) is 29.7 Å². The molecule has 2 aromatic carbocycles. The Morgan fingerprint density at radius 3 is 2.38 bits per heavy atom. The van der Waals surface area contributed by atoms with Crippen LogP contribution in [0.5, 0.6) is 11.5 Å². The average molecular weight is 330 g/mol. The Labute approximate surface area is 143 Å². The van der Waals surface area contributed by atoms with Crippen molar-refractivity contribution in [1.82, 2.24) is 5.32 Å². The van der Waals surface area contributed by atoms with E-state index in [1.54, 1.807) is 14.2 Å². The van der Waals surface area contributed by atoms with E-state index in [1.807, 2.05) is 48.5 Å². The molecule has 0 aliphatic heterocycles. The second-order valence-electron chi connectivity index (χ2n) is 5.74. The van der Waals surface area contributed by atoms with E-state index < -0.39 is 6.10 Å². The van der Waals surface area contributed by atoms with Crippen LogP contribution in [0.1, 0.15) is 11.1 Å². The van der Waals surface area contributed by atoms with E-state index in [2.05, 4.69) is 5.32 Å².